The van der Waals surface area contributed by atoms with Crippen molar-refractivity contribution in [3.05, 3.63) is 17.7 Å². The summed E-state index contributed by atoms with van der Waals surface area (Å²) in [6.07, 6.45) is 2.76. The van der Waals surface area contributed by atoms with Crippen LogP contribution in [0.1, 0.15) is 18.3 Å². The second-order valence-corrected chi connectivity index (χ2v) is 2.58. The third-order valence-electron chi connectivity index (χ3n) is 1.72. The minimum Gasteiger partial charge on any atom is -0.348 e. The van der Waals surface area contributed by atoms with Gasteiger partial charge in [-0.3, -0.25) is 0 Å². The lowest BCUT2D eigenvalue weighted by molar-refractivity contribution is 0.708. The molecule has 0 aromatic carbocycles. The van der Waals surface area contributed by atoms with Gasteiger partial charge in [-0.2, -0.15) is 0 Å². The molecule has 1 aromatic rings. The lowest BCUT2D eigenvalue weighted by Gasteiger charge is -1.98. The zero-order valence-electron chi connectivity index (χ0n) is 7.15. The molecule has 0 atom stereocenters. The number of aromatic amines is 1. The molecule has 0 radical (unpaired) electrons. The van der Waals surface area contributed by atoms with Crippen LogP contribution in [-0.4, -0.2) is 23.1 Å². The molecule has 0 saturated carbocycles. The highest BCUT2D eigenvalue weighted by Crippen LogP contribution is 1.99. The van der Waals surface area contributed by atoms with Gasteiger partial charge >= 0.3 is 0 Å². The van der Waals surface area contributed by atoms with Gasteiger partial charge in [0.1, 0.15) is 0 Å². The summed E-state index contributed by atoms with van der Waals surface area (Å²) in [5.41, 5.74) is 2.36. The molecule has 0 spiro atoms. The molecule has 62 valence electrons. The number of nitrogens with one attached hydrogen (secondary N) is 2. The van der Waals surface area contributed by atoms with E-state index in [4.69, 9.17) is 0 Å². The molecule has 3 heteroatoms. The summed E-state index contributed by atoms with van der Waals surface area (Å²) >= 11 is 0. The molecule has 1 rings (SSSR count). The van der Waals surface area contributed by atoms with Crippen LogP contribution < -0.4 is 5.32 Å². The SMILES string of the molecule is CCNCCc1nc[nH]c1C. The Morgan fingerprint density at radius 1 is 1.64 bits per heavy atom. The first-order chi connectivity index (χ1) is 5.34. The van der Waals surface area contributed by atoms with Crippen LogP contribution in [0.5, 0.6) is 0 Å². The highest BCUT2D eigenvalue weighted by Gasteiger charge is 1.98. The third-order valence-corrected chi connectivity index (χ3v) is 1.72. The van der Waals surface area contributed by atoms with Crippen molar-refractivity contribution in [2.24, 2.45) is 0 Å². The zero-order chi connectivity index (χ0) is 8.10. The normalized spacial score (nSPS) is 10.4. The van der Waals surface area contributed by atoms with Gasteiger partial charge in [0.25, 0.3) is 0 Å². The molecule has 2 N–H and O–H groups in total. The van der Waals surface area contributed by atoms with Crippen molar-refractivity contribution in [2.75, 3.05) is 13.1 Å². The smallest absolute Gasteiger partial charge is 0.0925 e. The summed E-state index contributed by atoms with van der Waals surface area (Å²) in [5, 5.41) is 3.26. The molecule has 0 aliphatic heterocycles. The number of aromatic nitrogens is 2. The Labute approximate surface area is 67.2 Å². The van der Waals surface area contributed by atoms with Crippen LogP contribution in [0, 0.1) is 6.92 Å². The first kappa shape index (κ1) is 8.27. The Bertz CT molecular complexity index is 205. The topological polar surface area (TPSA) is 40.7 Å². The Morgan fingerprint density at radius 2 is 2.45 bits per heavy atom. The Morgan fingerprint density at radius 3 is 3.00 bits per heavy atom. The van der Waals surface area contributed by atoms with Crippen molar-refractivity contribution in [1.82, 2.24) is 15.3 Å². The van der Waals surface area contributed by atoms with Crippen LogP contribution in [0.15, 0.2) is 6.33 Å². The molecule has 0 aliphatic carbocycles. The van der Waals surface area contributed by atoms with Gasteiger partial charge in [0.05, 0.1) is 12.0 Å². The first-order valence-corrected chi connectivity index (χ1v) is 4.04. The van der Waals surface area contributed by atoms with Gasteiger partial charge in [-0.25, -0.2) is 4.98 Å². The van der Waals surface area contributed by atoms with E-state index in [2.05, 4.69) is 22.2 Å². The maximum absolute atomic E-state index is 4.19. The molecule has 0 fully saturated rings. The molecule has 1 aromatic heterocycles. The number of hydrogen-bond donors (Lipinski definition) is 2. The summed E-state index contributed by atoms with van der Waals surface area (Å²) in [5.74, 6) is 0. The van der Waals surface area contributed by atoms with Gasteiger partial charge in [-0.1, -0.05) is 6.92 Å². The van der Waals surface area contributed by atoms with E-state index in [1.807, 2.05) is 6.92 Å². The summed E-state index contributed by atoms with van der Waals surface area (Å²) in [4.78, 5) is 7.25. The Hall–Kier alpha value is -0.830. The lowest BCUT2D eigenvalue weighted by atomic mass is 10.2. The van der Waals surface area contributed by atoms with Gasteiger partial charge in [0.2, 0.25) is 0 Å². The van der Waals surface area contributed by atoms with Gasteiger partial charge in [0, 0.05) is 18.7 Å². The van der Waals surface area contributed by atoms with Gasteiger partial charge in [-0.05, 0) is 13.5 Å². The Balaban J connectivity index is 2.32. The van der Waals surface area contributed by atoms with Crippen LogP contribution in [0.25, 0.3) is 0 Å². The predicted molar refractivity (Wildman–Crippen MR) is 45.6 cm³/mol. The van der Waals surface area contributed by atoms with Crippen molar-refractivity contribution in [3.8, 4) is 0 Å². The molecule has 0 bridgehead atoms. The van der Waals surface area contributed by atoms with Gasteiger partial charge in [0.15, 0.2) is 0 Å². The minimum atomic E-state index is 1.02. The number of hydrogen-bond acceptors (Lipinski definition) is 2. The summed E-state index contributed by atoms with van der Waals surface area (Å²) in [6.45, 7) is 6.21. The van der Waals surface area contributed by atoms with E-state index in [0.717, 1.165) is 19.5 Å². The molecular formula is C8H15N3. The monoisotopic (exact) mass is 153 g/mol. The minimum absolute atomic E-state index is 1.02. The quantitative estimate of drug-likeness (QED) is 0.630. The standard InChI is InChI=1S/C8H15N3/c1-3-9-5-4-8-7(2)10-6-11-8/h6,9H,3-5H2,1-2H3,(H,10,11). The van der Waals surface area contributed by atoms with Crippen LogP contribution in [0.4, 0.5) is 0 Å². The van der Waals surface area contributed by atoms with Gasteiger partial charge < -0.3 is 10.3 Å². The third kappa shape index (κ3) is 2.35. The molecule has 0 amide bonds. The fourth-order valence-electron chi connectivity index (χ4n) is 1.02. The fourth-order valence-corrected chi connectivity index (χ4v) is 1.02. The molecule has 0 aliphatic rings. The maximum Gasteiger partial charge on any atom is 0.0925 e. The fraction of sp³-hybridized carbons (Fsp3) is 0.625. The van der Waals surface area contributed by atoms with Crippen LogP contribution in [-0.2, 0) is 6.42 Å². The second kappa shape index (κ2) is 4.13. The maximum atomic E-state index is 4.19. The first-order valence-electron chi connectivity index (χ1n) is 4.04. The number of nitrogens with zero attached hydrogens (tertiary/aromatic N) is 1. The average Bonchev–Trinajstić information content (AvgIpc) is 2.37. The van der Waals surface area contributed by atoms with Crippen molar-refractivity contribution in [2.45, 2.75) is 20.3 Å². The van der Waals surface area contributed by atoms with E-state index in [0.29, 0.717) is 0 Å². The zero-order valence-corrected chi connectivity index (χ0v) is 7.15. The number of H-pyrrole nitrogens is 1. The number of aryl methyl sites for hydroxylation is 1. The van der Waals surface area contributed by atoms with Crippen molar-refractivity contribution >= 4 is 0 Å². The van der Waals surface area contributed by atoms with Crippen LogP contribution in [0.3, 0.4) is 0 Å². The summed E-state index contributed by atoms with van der Waals surface area (Å²) in [7, 11) is 0. The van der Waals surface area contributed by atoms with Crippen molar-refractivity contribution in [3.63, 3.8) is 0 Å². The van der Waals surface area contributed by atoms with Crippen LogP contribution >= 0.6 is 0 Å². The largest absolute Gasteiger partial charge is 0.348 e. The van der Waals surface area contributed by atoms with Gasteiger partial charge in [-0.15, -0.1) is 0 Å². The molecule has 1 heterocycles. The number of rotatable bonds is 4. The van der Waals surface area contributed by atoms with E-state index in [9.17, 15) is 0 Å². The second-order valence-electron chi connectivity index (χ2n) is 2.58. The van der Waals surface area contributed by atoms with E-state index in [1.165, 1.54) is 11.4 Å². The Kier molecular flexibility index (Phi) is 3.11. The molecule has 0 unspecified atom stereocenters. The van der Waals surface area contributed by atoms with Crippen molar-refractivity contribution in [1.29, 1.82) is 0 Å². The van der Waals surface area contributed by atoms with Crippen LogP contribution in [0.2, 0.25) is 0 Å². The molecule has 11 heavy (non-hydrogen) atoms. The van der Waals surface area contributed by atoms with E-state index in [1.54, 1.807) is 6.33 Å². The highest BCUT2D eigenvalue weighted by molar-refractivity contribution is 5.08. The van der Waals surface area contributed by atoms with E-state index >= 15 is 0 Å². The number of likely N-dealkylation sites (N-methyl/N-ethyl adjacent to an activating group) is 1. The molecule has 0 saturated heterocycles. The predicted octanol–water partition coefficient (Wildman–Crippen LogP) is 0.870. The van der Waals surface area contributed by atoms with E-state index in [-0.39, 0.29) is 0 Å². The van der Waals surface area contributed by atoms with E-state index < -0.39 is 0 Å². The van der Waals surface area contributed by atoms with Crippen molar-refractivity contribution < 1.29 is 0 Å². The highest BCUT2D eigenvalue weighted by atomic mass is 14.9. The lowest BCUT2D eigenvalue weighted by Crippen LogP contribution is -2.16. The molecular weight excluding hydrogens is 138 g/mol. The average molecular weight is 153 g/mol. The number of imidazole rings is 1. The summed E-state index contributed by atoms with van der Waals surface area (Å²) < 4.78 is 0. The summed E-state index contributed by atoms with van der Waals surface area (Å²) in [6, 6.07) is 0. The molecule has 3 nitrogen and oxygen atoms in total.